The molecule has 2 aromatic rings. The monoisotopic (exact) mass is 403 g/mol. The molecule has 6 nitrogen and oxygen atoms in total. The average molecular weight is 404 g/mol. The predicted molar refractivity (Wildman–Crippen MR) is 108 cm³/mol. The van der Waals surface area contributed by atoms with Crippen LogP contribution in [-0.2, 0) is 30.4 Å². The van der Waals surface area contributed by atoms with Gasteiger partial charge < -0.3 is 19.0 Å². The Morgan fingerprint density at radius 1 is 1.07 bits per heavy atom. The standard InChI is InChI=1S/C21H22ClNO5/c1-25-12-18(21(24)27-3)16-10-7-11-19(22)17(16)13-28-23-20(14-26-2)15-8-5-4-6-9-15/h4-12H,13-14H2,1-3H3/b18-12+,23-20+. The second-order valence-corrected chi connectivity index (χ2v) is 6.04. The van der Waals surface area contributed by atoms with Crippen molar-refractivity contribution in [1.29, 1.82) is 0 Å². The van der Waals surface area contributed by atoms with Gasteiger partial charge >= 0.3 is 5.97 Å². The summed E-state index contributed by atoms with van der Waals surface area (Å²) in [7, 11) is 4.33. The number of hydrogen-bond acceptors (Lipinski definition) is 6. The molecule has 7 heteroatoms. The lowest BCUT2D eigenvalue weighted by Gasteiger charge is -2.13. The van der Waals surface area contributed by atoms with Crippen LogP contribution in [0.5, 0.6) is 0 Å². The topological polar surface area (TPSA) is 66.4 Å². The molecule has 0 heterocycles. The van der Waals surface area contributed by atoms with Gasteiger partial charge in [0.25, 0.3) is 0 Å². The minimum Gasteiger partial charge on any atom is -0.503 e. The maximum atomic E-state index is 12.1. The van der Waals surface area contributed by atoms with Crippen LogP contribution in [0.3, 0.4) is 0 Å². The van der Waals surface area contributed by atoms with Crippen molar-refractivity contribution in [1.82, 2.24) is 0 Å². The summed E-state index contributed by atoms with van der Waals surface area (Å²) in [4.78, 5) is 17.7. The molecule has 0 spiro atoms. The number of esters is 1. The summed E-state index contributed by atoms with van der Waals surface area (Å²) in [5, 5.41) is 4.63. The van der Waals surface area contributed by atoms with Gasteiger partial charge in [0, 0.05) is 28.8 Å². The Bertz CT molecular complexity index is 849. The average Bonchev–Trinajstić information content (AvgIpc) is 2.72. The lowest BCUT2D eigenvalue weighted by Crippen LogP contribution is -2.10. The van der Waals surface area contributed by atoms with Gasteiger partial charge in [-0.3, -0.25) is 0 Å². The highest BCUT2D eigenvalue weighted by Crippen LogP contribution is 2.28. The first-order chi connectivity index (χ1) is 13.6. The number of carbonyl (C=O) groups is 1. The number of carbonyl (C=O) groups excluding carboxylic acids is 1. The zero-order valence-electron chi connectivity index (χ0n) is 16.0. The van der Waals surface area contributed by atoms with E-state index in [1.54, 1.807) is 25.3 Å². The number of benzene rings is 2. The molecular formula is C21H22ClNO5. The second-order valence-electron chi connectivity index (χ2n) is 5.64. The van der Waals surface area contributed by atoms with Gasteiger partial charge in [0.15, 0.2) is 0 Å². The van der Waals surface area contributed by atoms with Crippen LogP contribution in [0.1, 0.15) is 16.7 Å². The molecule has 0 atom stereocenters. The summed E-state index contributed by atoms with van der Waals surface area (Å²) in [6.45, 7) is 0.337. The van der Waals surface area contributed by atoms with Gasteiger partial charge in [-0.2, -0.15) is 0 Å². The van der Waals surface area contributed by atoms with Crippen LogP contribution in [0.4, 0.5) is 0 Å². The van der Waals surface area contributed by atoms with Gasteiger partial charge in [0.05, 0.1) is 27.1 Å². The van der Waals surface area contributed by atoms with E-state index in [1.165, 1.54) is 20.5 Å². The Kier molecular flexibility index (Phi) is 8.52. The van der Waals surface area contributed by atoms with Crippen LogP contribution in [0.25, 0.3) is 5.57 Å². The van der Waals surface area contributed by atoms with E-state index in [0.717, 1.165) is 5.56 Å². The number of ether oxygens (including phenoxy) is 3. The molecule has 2 rings (SSSR count). The molecular weight excluding hydrogens is 382 g/mol. The van der Waals surface area contributed by atoms with Crippen LogP contribution in [0.2, 0.25) is 5.02 Å². The Morgan fingerprint density at radius 2 is 1.82 bits per heavy atom. The predicted octanol–water partition coefficient (Wildman–Crippen LogP) is 4.07. The molecule has 0 saturated heterocycles. The molecule has 0 radical (unpaired) electrons. The van der Waals surface area contributed by atoms with Crippen LogP contribution in [0, 0.1) is 0 Å². The molecule has 0 aromatic heterocycles. The van der Waals surface area contributed by atoms with Crippen molar-refractivity contribution in [2.45, 2.75) is 6.61 Å². The summed E-state index contributed by atoms with van der Waals surface area (Å²) in [5.41, 5.74) is 2.89. The highest BCUT2D eigenvalue weighted by Gasteiger charge is 2.19. The maximum absolute atomic E-state index is 12.1. The van der Waals surface area contributed by atoms with E-state index in [-0.39, 0.29) is 18.8 Å². The lowest BCUT2D eigenvalue weighted by atomic mass is 10.0. The highest BCUT2D eigenvalue weighted by atomic mass is 35.5. The lowest BCUT2D eigenvalue weighted by molar-refractivity contribution is -0.133. The first-order valence-electron chi connectivity index (χ1n) is 8.44. The van der Waals surface area contributed by atoms with Crippen molar-refractivity contribution in [2.75, 3.05) is 27.9 Å². The van der Waals surface area contributed by atoms with Crippen LogP contribution >= 0.6 is 11.6 Å². The van der Waals surface area contributed by atoms with Crippen molar-refractivity contribution < 1.29 is 23.8 Å². The molecule has 0 aliphatic heterocycles. The normalized spacial score (nSPS) is 11.9. The first kappa shape index (κ1) is 21.5. The fraction of sp³-hybridized carbons (Fsp3) is 0.238. The van der Waals surface area contributed by atoms with Crippen molar-refractivity contribution >= 4 is 28.9 Å². The molecule has 0 aliphatic carbocycles. The summed E-state index contributed by atoms with van der Waals surface area (Å²) < 4.78 is 15.1. The van der Waals surface area contributed by atoms with E-state index in [1.807, 2.05) is 30.3 Å². The third-order valence-electron chi connectivity index (χ3n) is 3.82. The van der Waals surface area contributed by atoms with Gasteiger partial charge in [-0.15, -0.1) is 0 Å². The molecule has 2 aromatic carbocycles. The van der Waals surface area contributed by atoms with Gasteiger partial charge in [-0.25, -0.2) is 4.79 Å². The Balaban J connectivity index is 2.31. The molecule has 0 N–H and O–H groups in total. The second kappa shape index (κ2) is 11.1. The minimum absolute atomic E-state index is 0.0487. The number of oxime groups is 1. The van der Waals surface area contributed by atoms with E-state index in [4.69, 9.17) is 30.6 Å². The fourth-order valence-corrected chi connectivity index (χ4v) is 2.74. The molecule has 0 fully saturated rings. The third-order valence-corrected chi connectivity index (χ3v) is 4.18. The Hall–Kier alpha value is -2.83. The van der Waals surface area contributed by atoms with Gasteiger partial charge in [-0.1, -0.05) is 59.2 Å². The number of hydrogen-bond donors (Lipinski definition) is 0. The fourth-order valence-electron chi connectivity index (χ4n) is 2.51. The molecule has 28 heavy (non-hydrogen) atoms. The van der Waals surface area contributed by atoms with Crippen molar-refractivity contribution in [2.24, 2.45) is 5.16 Å². The molecule has 148 valence electrons. The summed E-state index contributed by atoms with van der Waals surface area (Å²) >= 11 is 6.34. The highest BCUT2D eigenvalue weighted by molar-refractivity contribution is 6.32. The quantitative estimate of drug-likeness (QED) is 0.207. The number of methoxy groups -OCH3 is 3. The van der Waals surface area contributed by atoms with Crippen LogP contribution in [-0.4, -0.2) is 39.6 Å². The van der Waals surface area contributed by atoms with Gasteiger partial charge in [0.2, 0.25) is 0 Å². The third kappa shape index (κ3) is 5.58. The zero-order valence-corrected chi connectivity index (χ0v) is 16.7. The molecule has 0 saturated carbocycles. The van der Waals surface area contributed by atoms with Crippen LogP contribution < -0.4 is 0 Å². The van der Waals surface area contributed by atoms with E-state index >= 15 is 0 Å². The summed E-state index contributed by atoms with van der Waals surface area (Å²) in [6.07, 6.45) is 1.31. The van der Waals surface area contributed by atoms with E-state index in [2.05, 4.69) is 5.16 Å². The minimum atomic E-state index is -0.543. The van der Waals surface area contributed by atoms with E-state index < -0.39 is 5.97 Å². The largest absolute Gasteiger partial charge is 0.503 e. The maximum Gasteiger partial charge on any atom is 0.341 e. The van der Waals surface area contributed by atoms with E-state index in [9.17, 15) is 4.79 Å². The van der Waals surface area contributed by atoms with E-state index in [0.29, 0.717) is 21.9 Å². The first-order valence-corrected chi connectivity index (χ1v) is 8.82. The number of halogens is 1. The molecule has 0 amide bonds. The molecule has 0 bridgehead atoms. The molecule has 0 aliphatic rings. The molecule has 0 unspecified atom stereocenters. The number of nitrogens with zero attached hydrogens (tertiary/aromatic N) is 1. The number of rotatable bonds is 9. The van der Waals surface area contributed by atoms with Crippen molar-refractivity contribution in [3.8, 4) is 0 Å². The SMILES string of the molecule is CO/C=C(/C(=O)OC)c1cccc(Cl)c1CO/N=C(\COC)c1ccccc1. The van der Waals surface area contributed by atoms with Gasteiger partial charge in [-0.05, 0) is 6.07 Å². The van der Waals surface area contributed by atoms with Crippen LogP contribution in [0.15, 0.2) is 59.9 Å². The van der Waals surface area contributed by atoms with Crippen molar-refractivity contribution in [3.05, 3.63) is 76.5 Å². The summed E-state index contributed by atoms with van der Waals surface area (Å²) in [6, 6.07) is 14.7. The van der Waals surface area contributed by atoms with Crippen molar-refractivity contribution in [3.63, 3.8) is 0 Å². The smallest absolute Gasteiger partial charge is 0.341 e. The summed E-state index contributed by atoms with van der Waals surface area (Å²) in [5.74, 6) is -0.543. The Labute approximate surface area is 169 Å². The zero-order chi connectivity index (χ0) is 20.4. The Morgan fingerprint density at radius 3 is 2.46 bits per heavy atom. The van der Waals surface area contributed by atoms with Gasteiger partial charge in [0.1, 0.15) is 17.9 Å².